The number of nitrogens with one attached hydrogen (secondary N) is 1. The molecule has 1 amide bonds. The van der Waals surface area contributed by atoms with Gasteiger partial charge in [-0.1, -0.05) is 31.5 Å². The van der Waals surface area contributed by atoms with Crippen LogP contribution >= 0.6 is 0 Å². The molecule has 134 valence electrons. The first kappa shape index (κ1) is 17.6. The van der Waals surface area contributed by atoms with Crippen molar-refractivity contribution in [3.63, 3.8) is 0 Å². The molecule has 1 aliphatic heterocycles. The Morgan fingerprint density at radius 2 is 1.88 bits per heavy atom. The van der Waals surface area contributed by atoms with E-state index >= 15 is 0 Å². The minimum absolute atomic E-state index is 0.283. The number of benzene rings is 1. The smallest absolute Gasteiger partial charge is 0.313 e. The van der Waals surface area contributed by atoms with E-state index in [0.717, 1.165) is 22.4 Å². The lowest BCUT2D eigenvalue weighted by atomic mass is 9.66. The molecule has 1 N–H and O–H groups in total. The molecule has 2 unspecified atom stereocenters. The average molecular weight is 342 g/mol. The normalized spacial score (nSPS) is 30.3. The van der Waals surface area contributed by atoms with Crippen LogP contribution in [0.2, 0.25) is 0 Å². The number of fused-ring (bicyclic) bond motifs is 2. The zero-order valence-electron chi connectivity index (χ0n) is 15.8. The molecule has 3 rings (SSSR count). The number of aryl methyl sites for hydroxylation is 2. The topological polar surface area (TPSA) is 67.8 Å². The summed E-state index contributed by atoms with van der Waals surface area (Å²) < 4.78 is 5.59. The van der Waals surface area contributed by atoms with Crippen LogP contribution in [0.4, 0.5) is 0 Å². The molecule has 5 nitrogen and oxygen atoms in total. The molecule has 2 aliphatic rings. The standard InChI is InChI=1S/C20H26N2O3/c1-12-7-8-13(2)15(11-12)14(3)21-22-16(23)20-10-9-19(6,17(24)25-20)18(20,4)5/h7-8,11H,9-10H2,1-6H3,(H,22,23). The summed E-state index contributed by atoms with van der Waals surface area (Å²) in [6, 6.07) is 6.13. The summed E-state index contributed by atoms with van der Waals surface area (Å²) in [4.78, 5) is 25.2. The second kappa shape index (κ2) is 5.41. The first-order valence-electron chi connectivity index (χ1n) is 8.71. The predicted molar refractivity (Wildman–Crippen MR) is 96.2 cm³/mol. The van der Waals surface area contributed by atoms with Crippen molar-refractivity contribution in [3.05, 3.63) is 34.9 Å². The average Bonchev–Trinajstić information content (AvgIpc) is 2.85. The van der Waals surface area contributed by atoms with E-state index in [1.165, 1.54) is 0 Å². The minimum Gasteiger partial charge on any atom is -0.448 e. The van der Waals surface area contributed by atoms with Crippen LogP contribution in [0.25, 0.3) is 0 Å². The van der Waals surface area contributed by atoms with E-state index in [4.69, 9.17) is 4.74 Å². The lowest BCUT2D eigenvalue weighted by Crippen LogP contribution is -2.52. The van der Waals surface area contributed by atoms with E-state index in [-0.39, 0.29) is 11.9 Å². The van der Waals surface area contributed by atoms with Gasteiger partial charge in [0.2, 0.25) is 0 Å². The number of carbonyl (C=O) groups is 2. The van der Waals surface area contributed by atoms with Crippen molar-refractivity contribution < 1.29 is 14.3 Å². The fourth-order valence-electron chi connectivity index (χ4n) is 4.16. The fraction of sp³-hybridized carbons (Fsp3) is 0.550. The van der Waals surface area contributed by atoms with E-state index in [2.05, 4.69) is 10.5 Å². The van der Waals surface area contributed by atoms with Crippen LogP contribution in [0.3, 0.4) is 0 Å². The van der Waals surface area contributed by atoms with Crippen molar-refractivity contribution >= 4 is 17.6 Å². The summed E-state index contributed by atoms with van der Waals surface area (Å²) in [7, 11) is 0. The summed E-state index contributed by atoms with van der Waals surface area (Å²) in [6.07, 6.45) is 1.19. The van der Waals surface area contributed by atoms with Crippen LogP contribution in [0.1, 0.15) is 57.2 Å². The molecule has 1 heterocycles. The number of rotatable bonds is 3. The van der Waals surface area contributed by atoms with Gasteiger partial charge in [-0.15, -0.1) is 0 Å². The molecule has 1 aromatic carbocycles. The Bertz CT molecular complexity index is 796. The van der Waals surface area contributed by atoms with Gasteiger partial charge in [0.05, 0.1) is 11.1 Å². The number of nitrogens with zero attached hydrogens (tertiary/aromatic N) is 1. The summed E-state index contributed by atoms with van der Waals surface area (Å²) in [5.41, 5.74) is 4.30. The third kappa shape index (κ3) is 2.25. The maximum Gasteiger partial charge on any atom is 0.313 e. The second-order valence-corrected chi connectivity index (χ2v) is 8.13. The van der Waals surface area contributed by atoms with Gasteiger partial charge in [-0.05, 0) is 52.2 Å². The molecule has 0 spiro atoms. The van der Waals surface area contributed by atoms with Gasteiger partial charge in [0, 0.05) is 11.0 Å². The molecular formula is C20H26N2O3. The SMILES string of the molecule is CC(=NNC(=O)C12CCC(C)(C(=O)O1)C2(C)C)c1cc(C)ccc1C. The number of esters is 1. The molecule has 1 aromatic rings. The molecular weight excluding hydrogens is 316 g/mol. The predicted octanol–water partition coefficient (Wildman–Crippen LogP) is 3.27. The van der Waals surface area contributed by atoms with Gasteiger partial charge < -0.3 is 4.74 Å². The molecule has 1 aliphatic carbocycles. The maximum absolute atomic E-state index is 12.9. The molecule has 2 fully saturated rings. The molecule has 2 bridgehead atoms. The van der Waals surface area contributed by atoms with Gasteiger partial charge in [-0.25, -0.2) is 5.43 Å². The highest BCUT2D eigenvalue weighted by Gasteiger charge is 2.75. The minimum atomic E-state index is -1.13. The molecule has 2 atom stereocenters. The Morgan fingerprint density at radius 1 is 1.20 bits per heavy atom. The summed E-state index contributed by atoms with van der Waals surface area (Å²) in [5.74, 6) is -0.620. The highest BCUT2D eigenvalue weighted by atomic mass is 16.6. The number of carbonyl (C=O) groups excluding carboxylic acids is 2. The lowest BCUT2D eigenvalue weighted by Gasteiger charge is -2.34. The van der Waals surface area contributed by atoms with Crippen LogP contribution in [0.5, 0.6) is 0 Å². The van der Waals surface area contributed by atoms with Crippen LogP contribution in [-0.2, 0) is 14.3 Å². The Hall–Kier alpha value is -2.17. The fourth-order valence-corrected chi connectivity index (χ4v) is 4.16. The third-order valence-electron chi connectivity index (χ3n) is 6.56. The van der Waals surface area contributed by atoms with E-state index in [1.54, 1.807) is 0 Å². The molecule has 1 saturated heterocycles. The molecule has 25 heavy (non-hydrogen) atoms. The number of hydrogen-bond donors (Lipinski definition) is 1. The van der Waals surface area contributed by atoms with Crippen molar-refractivity contribution in [2.45, 2.75) is 60.0 Å². The van der Waals surface area contributed by atoms with Gasteiger partial charge in [0.15, 0.2) is 5.60 Å². The Labute approximate surface area is 148 Å². The van der Waals surface area contributed by atoms with Crippen molar-refractivity contribution in [1.82, 2.24) is 5.43 Å². The largest absolute Gasteiger partial charge is 0.448 e. The van der Waals surface area contributed by atoms with Gasteiger partial charge >= 0.3 is 5.97 Å². The number of hydrazone groups is 1. The monoisotopic (exact) mass is 342 g/mol. The van der Waals surface area contributed by atoms with Gasteiger partial charge in [-0.2, -0.15) is 5.10 Å². The second-order valence-electron chi connectivity index (χ2n) is 8.13. The third-order valence-corrected chi connectivity index (χ3v) is 6.56. The molecule has 0 aromatic heterocycles. The summed E-state index contributed by atoms with van der Waals surface area (Å²) >= 11 is 0. The first-order valence-corrected chi connectivity index (χ1v) is 8.71. The van der Waals surface area contributed by atoms with E-state index in [9.17, 15) is 9.59 Å². The van der Waals surface area contributed by atoms with Crippen molar-refractivity contribution in [1.29, 1.82) is 0 Å². The van der Waals surface area contributed by atoms with Gasteiger partial charge in [0.25, 0.3) is 5.91 Å². The lowest BCUT2D eigenvalue weighted by molar-refractivity contribution is -0.168. The van der Waals surface area contributed by atoms with E-state index in [1.807, 2.05) is 59.7 Å². The van der Waals surface area contributed by atoms with E-state index < -0.39 is 16.4 Å². The van der Waals surface area contributed by atoms with Crippen molar-refractivity contribution in [2.24, 2.45) is 15.9 Å². The number of hydrogen-bond acceptors (Lipinski definition) is 4. The summed E-state index contributed by atoms with van der Waals surface area (Å²) in [6.45, 7) is 11.7. The number of amides is 1. The highest BCUT2D eigenvalue weighted by Crippen LogP contribution is 2.65. The molecule has 5 heteroatoms. The first-order chi connectivity index (χ1) is 11.5. The highest BCUT2D eigenvalue weighted by molar-refractivity contribution is 6.02. The van der Waals surface area contributed by atoms with Crippen LogP contribution < -0.4 is 5.43 Å². The van der Waals surface area contributed by atoms with Crippen molar-refractivity contribution in [2.75, 3.05) is 0 Å². The number of ether oxygens (including phenoxy) is 1. The van der Waals surface area contributed by atoms with Crippen LogP contribution in [0.15, 0.2) is 23.3 Å². The maximum atomic E-state index is 12.9. The Balaban J connectivity index is 1.86. The van der Waals surface area contributed by atoms with Gasteiger partial charge in [0.1, 0.15) is 0 Å². The molecule has 1 saturated carbocycles. The Kier molecular flexibility index (Phi) is 3.82. The van der Waals surface area contributed by atoms with Crippen LogP contribution in [-0.4, -0.2) is 23.2 Å². The van der Waals surface area contributed by atoms with E-state index in [0.29, 0.717) is 12.8 Å². The zero-order chi connectivity index (χ0) is 18.6. The van der Waals surface area contributed by atoms with Crippen molar-refractivity contribution in [3.8, 4) is 0 Å². The molecule has 0 radical (unpaired) electrons. The summed E-state index contributed by atoms with van der Waals surface area (Å²) in [5, 5.41) is 4.29. The van der Waals surface area contributed by atoms with Gasteiger partial charge in [-0.3, -0.25) is 9.59 Å². The quantitative estimate of drug-likeness (QED) is 0.521. The van der Waals surface area contributed by atoms with Crippen LogP contribution in [0, 0.1) is 24.7 Å². The Morgan fingerprint density at radius 3 is 2.44 bits per heavy atom. The zero-order valence-corrected chi connectivity index (χ0v) is 15.8.